The third kappa shape index (κ3) is 2.59. The van der Waals surface area contributed by atoms with Crippen LogP contribution < -0.4 is 4.74 Å². The van der Waals surface area contributed by atoms with Crippen molar-refractivity contribution in [2.24, 2.45) is 0 Å². The summed E-state index contributed by atoms with van der Waals surface area (Å²) in [6.07, 6.45) is 1.56. The number of benzene rings is 2. The van der Waals surface area contributed by atoms with Gasteiger partial charge in [0.2, 0.25) is 5.88 Å². The number of para-hydroxylation sites is 1. The molecule has 7 heteroatoms. The number of aromatic nitrogens is 3. The number of fused-ring (bicyclic) bond motifs is 1. The summed E-state index contributed by atoms with van der Waals surface area (Å²) >= 11 is 0. The second kappa shape index (κ2) is 6.56. The summed E-state index contributed by atoms with van der Waals surface area (Å²) in [5.74, 6) is 0.783. The lowest BCUT2D eigenvalue weighted by Crippen LogP contribution is -1.99. The Labute approximate surface area is 164 Å². The smallest absolute Gasteiger partial charge is 0.222 e. The first kappa shape index (κ1) is 17.1. The molecule has 5 aromatic rings. The van der Waals surface area contributed by atoms with E-state index >= 15 is 0 Å². The van der Waals surface area contributed by atoms with Crippen molar-refractivity contribution >= 4 is 10.9 Å². The highest BCUT2D eigenvalue weighted by molar-refractivity contribution is 6.07. The third-order valence-electron chi connectivity index (χ3n) is 4.86. The summed E-state index contributed by atoms with van der Waals surface area (Å²) < 4.78 is 26.3. The highest BCUT2D eigenvalue weighted by atomic mass is 19.1. The predicted octanol–water partition coefficient (Wildman–Crippen LogP) is 5.13. The number of aromatic amines is 1. The Balaban J connectivity index is 1.92. The molecule has 2 N–H and O–H groups in total. The van der Waals surface area contributed by atoms with Crippen LogP contribution in [-0.2, 0) is 0 Å². The summed E-state index contributed by atoms with van der Waals surface area (Å²) in [4.78, 5) is 0. The summed E-state index contributed by atoms with van der Waals surface area (Å²) in [6, 6.07) is 17.0. The molecule has 6 nitrogen and oxygen atoms in total. The van der Waals surface area contributed by atoms with Gasteiger partial charge >= 0.3 is 0 Å². The van der Waals surface area contributed by atoms with Crippen molar-refractivity contribution in [2.45, 2.75) is 0 Å². The average molecular weight is 389 g/mol. The van der Waals surface area contributed by atoms with Gasteiger partial charge in [-0.2, -0.15) is 5.10 Å². The van der Waals surface area contributed by atoms with E-state index in [0.717, 1.165) is 5.56 Å². The number of halogens is 1. The standard InChI is InChI=1S/C22H16FN3O3/c1-28-16-6-3-2-5-15(16)21-18-19(17-7-4-12-29-17)24-25-20(18)22(27)26(21)14-10-8-13(23)9-11-14/h2-12,25,27H,1H3. The molecule has 0 atom stereocenters. The van der Waals surface area contributed by atoms with Gasteiger partial charge in [0.25, 0.3) is 0 Å². The van der Waals surface area contributed by atoms with E-state index < -0.39 is 0 Å². The van der Waals surface area contributed by atoms with E-state index in [1.165, 1.54) is 12.1 Å². The fraction of sp³-hybridized carbons (Fsp3) is 0.0455. The van der Waals surface area contributed by atoms with Crippen LogP contribution in [0, 0.1) is 5.82 Å². The second-order valence-corrected chi connectivity index (χ2v) is 6.48. The van der Waals surface area contributed by atoms with Crippen LogP contribution in [0.2, 0.25) is 0 Å². The minimum atomic E-state index is -0.359. The van der Waals surface area contributed by atoms with Crippen LogP contribution in [0.5, 0.6) is 11.6 Å². The van der Waals surface area contributed by atoms with E-state index in [0.29, 0.717) is 39.5 Å². The van der Waals surface area contributed by atoms with Gasteiger partial charge in [-0.05, 0) is 48.5 Å². The third-order valence-corrected chi connectivity index (χ3v) is 4.86. The lowest BCUT2D eigenvalue weighted by Gasteiger charge is -2.14. The molecule has 0 aliphatic carbocycles. The van der Waals surface area contributed by atoms with E-state index in [9.17, 15) is 9.50 Å². The number of nitrogens with zero attached hydrogens (tertiary/aromatic N) is 2. The van der Waals surface area contributed by atoms with Gasteiger partial charge in [-0.25, -0.2) is 4.39 Å². The molecule has 0 fully saturated rings. The summed E-state index contributed by atoms with van der Waals surface area (Å²) in [5, 5.41) is 19.0. The number of ether oxygens (including phenoxy) is 1. The Kier molecular flexibility index (Phi) is 3.87. The Morgan fingerprint density at radius 1 is 1.07 bits per heavy atom. The summed E-state index contributed by atoms with van der Waals surface area (Å²) in [6.45, 7) is 0. The highest BCUT2D eigenvalue weighted by Gasteiger charge is 2.27. The molecule has 0 amide bonds. The van der Waals surface area contributed by atoms with Gasteiger partial charge in [-0.15, -0.1) is 0 Å². The molecule has 29 heavy (non-hydrogen) atoms. The van der Waals surface area contributed by atoms with Gasteiger partial charge in [0.1, 0.15) is 22.8 Å². The lowest BCUT2D eigenvalue weighted by molar-refractivity contribution is 0.416. The Bertz CT molecular complexity index is 1300. The van der Waals surface area contributed by atoms with E-state index in [4.69, 9.17) is 9.15 Å². The van der Waals surface area contributed by atoms with Crippen molar-refractivity contribution < 1.29 is 18.7 Å². The molecule has 0 saturated heterocycles. The van der Waals surface area contributed by atoms with Crippen LogP contribution in [0.15, 0.2) is 71.3 Å². The van der Waals surface area contributed by atoms with Gasteiger partial charge in [-0.1, -0.05) is 12.1 Å². The minimum Gasteiger partial charge on any atom is -0.496 e. The van der Waals surface area contributed by atoms with Crippen molar-refractivity contribution in [3.8, 4) is 40.0 Å². The number of hydrogen-bond donors (Lipinski definition) is 2. The average Bonchev–Trinajstić information content (AvgIpc) is 3.46. The normalized spacial score (nSPS) is 11.2. The zero-order valence-corrected chi connectivity index (χ0v) is 15.4. The molecule has 0 aliphatic heterocycles. The van der Waals surface area contributed by atoms with Crippen molar-refractivity contribution in [1.29, 1.82) is 0 Å². The summed E-state index contributed by atoms with van der Waals surface area (Å²) in [5.41, 5.74) is 3.00. The molecule has 0 aliphatic rings. The molecule has 3 heterocycles. The molecule has 5 rings (SSSR count). The van der Waals surface area contributed by atoms with E-state index in [1.54, 1.807) is 42.2 Å². The lowest BCUT2D eigenvalue weighted by atomic mass is 10.1. The largest absolute Gasteiger partial charge is 0.496 e. The predicted molar refractivity (Wildman–Crippen MR) is 107 cm³/mol. The number of hydrogen-bond acceptors (Lipinski definition) is 4. The fourth-order valence-electron chi connectivity index (χ4n) is 3.59. The van der Waals surface area contributed by atoms with Crippen molar-refractivity contribution in [1.82, 2.24) is 14.8 Å². The van der Waals surface area contributed by atoms with E-state index in [1.807, 2.05) is 24.3 Å². The number of rotatable bonds is 4. The van der Waals surface area contributed by atoms with Gasteiger partial charge in [0.15, 0.2) is 5.76 Å². The molecule has 0 unspecified atom stereocenters. The fourth-order valence-corrected chi connectivity index (χ4v) is 3.59. The van der Waals surface area contributed by atoms with Gasteiger partial charge in [0.05, 0.1) is 24.5 Å². The van der Waals surface area contributed by atoms with Crippen molar-refractivity contribution in [3.05, 3.63) is 72.7 Å². The molecule has 0 spiro atoms. The number of H-pyrrole nitrogens is 1. The molecular weight excluding hydrogens is 373 g/mol. The van der Waals surface area contributed by atoms with Gasteiger partial charge in [-0.3, -0.25) is 9.67 Å². The number of aromatic hydroxyl groups is 1. The van der Waals surface area contributed by atoms with Crippen molar-refractivity contribution in [2.75, 3.05) is 7.11 Å². The van der Waals surface area contributed by atoms with Crippen LogP contribution >= 0.6 is 0 Å². The first-order valence-electron chi connectivity index (χ1n) is 8.94. The number of furan rings is 1. The molecule has 0 bridgehead atoms. The molecule has 2 aromatic carbocycles. The molecule has 0 saturated carbocycles. The first-order valence-corrected chi connectivity index (χ1v) is 8.94. The molecule has 3 aromatic heterocycles. The highest BCUT2D eigenvalue weighted by Crippen LogP contribution is 2.45. The molecule has 0 radical (unpaired) electrons. The Morgan fingerprint density at radius 3 is 2.59 bits per heavy atom. The summed E-state index contributed by atoms with van der Waals surface area (Å²) in [7, 11) is 1.59. The zero-order chi connectivity index (χ0) is 20.0. The van der Waals surface area contributed by atoms with Crippen molar-refractivity contribution in [3.63, 3.8) is 0 Å². The van der Waals surface area contributed by atoms with E-state index in [-0.39, 0.29) is 11.7 Å². The molecule has 144 valence electrons. The maximum atomic E-state index is 13.5. The van der Waals surface area contributed by atoms with Gasteiger partial charge < -0.3 is 14.3 Å². The first-order chi connectivity index (χ1) is 14.2. The zero-order valence-electron chi connectivity index (χ0n) is 15.4. The Hall–Kier alpha value is -4.00. The second-order valence-electron chi connectivity index (χ2n) is 6.48. The maximum absolute atomic E-state index is 13.5. The van der Waals surface area contributed by atoms with Crippen LogP contribution in [-0.4, -0.2) is 27.0 Å². The minimum absolute atomic E-state index is 0.0437. The van der Waals surface area contributed by atoms with Crippen LogP contribution in [0.1, 0.15) is 0 Å². The Morgan fingerprint density at radius 2 is 1.86 bits per heavy atom. The SMILES string of the molecule is COc1ccccc1-c1c2c(-c3ccco3)n[nH]c2c(O)n1-c1ccc(F)cc1. The topological polar surface area (TPSA) is 76.2 Å². The van der Waals surface area contributed by atoms with Crippen LogP contribution in [0.25, 0.3) is 39.3 Å². The van der Waals surface area contributed by atoms with Crippen LogP contribution in [0.3, 0.4) is 0 Å². The quantitative estimate of drug-likeness (QED) is 0.447. The van der Waals surface area contributed by atoms with Gasteiger partial charge in [0, 0.05) is 11.3 Å². The number of methoxy groups -OCH3 is 1. The number of nitrogens with one attached hydrogen (secondary N) is 1. The maximum Gasteiger partial charge on any atom is 0.222 e. The van der Waals surface area contributed by atoms with E-state index in [2.05, 4.69) is 10.2 Å². The molecular formula is C22H16FN3O3. The monoisotopic (exact) mass is 389 g/mol. The van der Waals surface area contributed by atoms with Crippen LogP contribution in [0.4, 0.5) is 4.39 Å².